The molecule has 1 aliphatic heterocycles. The Labute approximate surface area is 127 Å². The predicted octanol–water partition coefficient (Wildman–Crippen LogP) is 4.00. The van der Waals surface area contributed by atoms with Gasteiger partial charge in [0.2, 0.25) is 0 Å². The molecule has 21 heavy (non-hydrogen) atoms. The fourth-order valence-corrected chi connectivity index (χ4v) is 2.96. The minimum atomic E-state index is -0.173. The minimum absolute atomic E-state index is 0.173. The molecule has 4 nitrogen and oxygen atoms in total. The van der Waals surface area contributed by atoms with Gasteiger partial charge in [0.05, 0.1) is 29.1 Å². The van der Waals surface area contributed by atoms with Gasteiger partial charge in [-0.2, -0.15) is 0 Å². The van der Waals surface area contributed by atoms with Gasteiger partial charge in [-0.1, -0.05) is 11.6 Å². The minimum Gasteiger partial charge on any atom is -0.493 e. The van der Waals surface area contributed by atoms with Crippen molar-refractivity contribution < 1.29 is 13.9 Å². The second-order valence-corrected chi connectivity index (χ2v) is 5.83. The highest BCUT2D eigenvalue weighted by Crippen LogP contribution is 2.43. The molecule has 1 aromatic carbocycles. The average molecular weight is 304 g/mol. The summed E-state index contributed by atoms with van der Waals surface area (Å²) < 4.78 is 11.0. The number of benzene rings is 1. The molecule has 4 rings (SSSR count). The first-order valence-electron chi connectivity index (χ1n) is 7.07. The Morgan fingerprint density at radius 3 is 2.95 bits per heavy atom. The number of amides is 1. The molecule has 0 unspecified atom stereocenters. The lowest BCUT2D eigenvalue weighted by molar-refractivity contribution is 0.102. The number of anilines is 1. The Hall–Kier alpha value is -1.94. The Kier molecular flexibility index (Phi) is 2.93. The number of ether oxygens (including phenoxy) is 1. The summed E-state index contributed by atoms with van der Waals surface area (Å²) in [6, 6.07) is 5.31. The van der Waals surface area contributed by atoms with E-state index in [0.717, 1.165) is 36.3 Å². The van der Waals surface area contributed by atoms with Gasteiger partial charge in [0, 0.05) is 17.9 Å². The van der Waals surface area contributed by atoms with Crippen molar-refractivity contribution in [2.75, 3.05) is 11.9 Å². The zero-order chi connectivity index (χ0) is 14.4. The zero-order valence-corrected chi connectivity index (χ0v) is 12.1. The fourth-order valence-electron chi connectivity index (χ4n) is 2.73. The number of hydrogen-bond donors (Lipinski definition) is 1. The molecule has 108 valence electrons. The summed E-state index contributed by atoms with van der Waals surface area (Å²) in [4.78, 5) is 12.5. The molecule has 1 N–H and O–H groups in total. The molecule has 0 atom stereocenters. The van der Waals surface area contributed by atoms with Crippen LogP contribution in [0.25, 0.3) is 0 Å². The average Bonchev–Trinajstić information content (AvgIpc) is 3.02. The van der Waals surface area contributed by atoms with Crippen LogP contribution in [0.5, 0.6) is 5.75 Å². The third-order valence-electron chi connectivity index (χ3n) is 3.96. The fraction of sp³-hybridized carbons (Fsp3) is 0.312. The molecule has 1 aliphatic carbocycles. The van der Waals surface area contributed by atoms with E-state index in [0.29, 0.717) is 28.8 Å². The molecular formula is C16H14ClNO3. The van der Waals surface area contributed by atoms with E-state index in [9.17, 15) is 4.79 Å². The molecule has 2 heterocycles. The third kappa shape index (κ3) is 2.20. The molecule has 1 fully saturated rings. The summed E-state index contributed by atoms with van der Waals surface area (Å²) in [6.45, 7) is 0.623. The summed E-state index contributed by atoms with van der Waals surface area (Å²) in [6.07, 6.45) is 4.50. The zero-order valence-electron chi connectivity index (χ0n) is 11.3. The van der Waals surface area contributed by atoms with Crippen molar-refractivity contribution in [3.8, 4) is 5.75 Å². The summed E-state index contributed by atoms with van der Waals surface area (Å²) in [5, 5.41) is 3.46. The SMILES string of the molecule is O=C(Nc1c(Cl)ccc2c1CCO2)c1ccoc1C1CC1. The number of carbonyl (C=O) groups is 1. The molecule has 2 aliphatic rings. The molecule has 0 spiro atoms. The van der Waals surface area contributed by atoms with Crippen LogP contribution in [0.4, 0.5) is 5.69 Å². The summed E-state index contributed by atoms with van der Waals surface area (Å²) in [7, 11) is 0. The Morgan fingerprint density at radius 2 is 2.14 bits per heavy atom. The molecule has 1 amide bonds. The number of carbonyl (C=O) groups excluding carboxylic acids is 1. The second-order valence-electron chi connectivity index (χ2n) is 5.42. The topological polar surface area (TPSA) is 51.5 Å². The number of nitrogens with one attached hydrogen (secondary N) is 1. The van der Waals surface area contributed by atoms with E-state index in [1.165, 1.54) is 0 Å². The highest BCUT2D eigenvalue weighted by molar-refractivity contribution is 6.34. The lowest BCUT2D eigenvalue weighted by Crippen LogP contribution is -2.14. The van der Waals surface area contributed by atoms with Crippen molar-refractivity contribution in [2.45, 2.75) is 25.2 Å². The van der Waals surface area contributed by atoms with Gasteiger partial charge >= 0.3 is 0 Å². The number of halogens is 1. The van der Waals surface area contributed by atoms with E-state index < -0.39 is 0 Å². The largest absolute Gasteiger partial charge is 0.493 e. The maximum Gasteiger partial charge on any atom is 0.259 e. The van der Waals surface area contributed by atoms with Gasteiger partial charge in [-0.05, 0) is 31.0 Å². The summed E-state index contributed by atoms with van der Waals surface area (Å²) in [5.74, 6) is 1.80. The first-order valence-corrected chi connectivity index (χ1v) is 7.45. The van der Waals surface area contributed by atoms with Crippen LogP contribution in [0.3, 0.4) is 0 Å². The van der Waals surface area contributed by atoms with Crippen LogP contribution < -0.4 is 10.1 Å². The van der Waals surface area contributed by atoms with Crippen LogP contribution in [0, 0.1) is 0 Å². The smallest absolute Gasteiger partial charge is 0.259 e. The van der Waals surface area contributed by atoms with Crippen molar-refractivity contribution >= 4 is 23.2 Å². The Bertz CT molecular complexity index is 718. The van der Waals surface area contributed by atoms with Crippen molar-refractivity contribution in [1.82, 2.24) is 0 Å². The van der Waals surface area contributed by atoms with Crippen molar-refractivity contribution in [3.63, 3.8) is 0 Å². The number of fused-ring (bicyclic) bond motifs is 1. The summed E-state index contributed by atoms with van der Waals surface area (Å²) >= 11 is 6.23. The normalized spacial score (nSPS) is 16.4. The Balaban J connectivity index is 1.65. The molecule has 5 heteroatoms. The first kappa shape index (κ1) is 12.8. The van der Waals surface area contributed by atoms with Gasteiger partial charge in [0.15, 0.2) is 0 Å². The first-order chi connectivity index (χ1) is 10.2. The molecule has 0 saturated heterocycles. The van der Waals surface area contributed by atoms with E-state index in [-0.39, 0.29) is 5.91 Å². The van der Waals surface area contributed by atoms with Crippen LogP contribution >= 0.6 is 11.6 Å². The van der Waals surface area contributed by atoms with Gasteiger partial charge in [0.1, 0.15) is 11.5 Å². The van der Waals surface area contributed by atoms with E-state index in [4.69, 9.17) is 20.8 Å². The third-order valence-corrected chi connectivity index (χ3v) is 4.27. The van der Waals surface area contributed by atoms with Gasteiger partial charge in [-0.3, -0.25) is 4.79 Å². The van der Waals surface area contributed by atoms with E-state index in [1.54, 1.807) is 18.4 Å². The second kappa shape index (κ2) is 4.81. The quantitative estimate of drug-likeness (QED) is 0.932. The number of rotatable bonds is 3. The maximum atomic E-state index is 12.5. The van der Waals surface area contributed by atoms with Crippen LogP contribution in [-0.4, -0.2) is 12.5 Å². The maximum absolute atomic E-state index is 12.5. The molecular weight excluding hydrogens is 290 g/mol. The molecule has 0 radical (unpaired) electrons. The lowest BCUT2D eigenvalue weighted by Gasteiger charge is -2.11. The predicted molar refractivity (Wildman–Crippen MR) is 79.3 cm³/mol. The van der Waals surface area contributed by atoms with Crippen molar-refractivity contribution in [1.29, 1.82) is 0 Å². The van der Waals surface area contributed by atoms with Gasteiger partial charge in [-0.25, -0.2) is 0 Å². The highest BCUT2D eigenvalue weighted by atomic mass is 35.5. The molecule has 2 aromatic rings. The lowest BCUT2D eigenvalue weighted by atomic mass is 10.1. The van der Waals surface area contributed by atoms with Crippen molar-refractivity contribution in [3.05, 3.63) is 46.4 Å². The highest BCUT2D eigenvalue weighted by Gasteiger charge is 2.31. The molecule has 1 saturated carbocycles. The van der Waals surface area contributed by atoms with Crippen molar-refractivity contribution in [2.24, 2.45) is 0 Å². The number of hydrogen-bond acceptors (Lipinski definition) is 3. The van der Waals surface area contributed by atoms with Crippen LogP contribution in [0.15, 0.2) is 28.9 Å². The van der Waals surface area contributed by atoms with E-state index in [1.807, 2.05) is 6.07 Å². The molecule has 0 bridgehead atoms. The van der Waals surface area contributed by atoms with E-state index >= 15 is 0 Å². The van der Waals surface area contributed by atoms with E-state index in [2.05, 4.69) is 5.32 Å². The van der Waals surface area contributed by atoms with Crippen LogP contribution in [0.2, 0.25) is 5.02 Å². The number of furan rings is 1. The summed E-state index contributed by atoms with van der Waals surface area (Å²) in [5.41, 5.74) is 2.22. The van der Waals surface area contributed by atoms with Crippen LogP contribution in [-0.2, 0) is 6.42 Å². The van der Waals surface area contributed by atoms with Gasteiger partial charge in [-0.15, -0.1) is 0 Å². The molecule has 1 aromatic heterocycles. The van der Waals surface area contributed by atoms with Gasteiger partial charge < -0.3 is 14.5 Å². The standard InChI is InChI=1S/C16H14ClNO3/c17-12-3-4-13-10(5-7-20-13)14(12)18-16(19)11-6-8-21-15(11)9-1-2-9/h3-4,6,8-9H,1-2,5,7H2,(H,18,19). The Morgan fingerprint density at radius 1 is 1.29 bits per heavy atom. The van der Waals surface area contributed by atoms with Crippen LogP contribution in [0.1, 0.15) is 40.4 Å². The van der Waals surface area contributed by atoms with Gasteiger partial charge in [0.25, 0.3) is 5.91 Å². The monoisotopic (exact) mass is 303 g/mol.